The molecule has 0 aliphatic heterocycles. The van der Waals surface area contributed by atoms with Gasteiger partial charge in [0.1, 0.15) is 0 Å². The van der Waals surface area contributed by atoms with Gasteiger partial charge < -0.3 is 5.32 Å². The second kappa shape index (κ2) is 10.3. The Balaban J connectivity index is 1.31. The van der Waals surface area contributed by atoms with Gasteiger partial charge in [0.15, 0.2) is 0 Å². The third kappa shape index (κ3) is 5.55. The number of carbonyl (C=O) groups is 3. The summed E-state index contributed by atoms with van der Waals surface area (Å²) in [6.07, 6.45) is 0. The van der Waals surface area contributed by atoms with E-state index in [4.69, 9.17) is 0 Å². The van der Waals surface area contributed by atoms with Crippen LogP contribution >= 0.6 is 0 Å². The molecule has 0 saturated carbocycles. The first-order valence-electron chi connectivity index (χ1n) is 10.7. The van der Waals surface area contributed by atoms with Crippen molar-refractivity contribution in [1.82, 2.24) is 10.9 Å². The van der Waals surface area contributed by atoms with Crippen molar-refractivity contribution in [2.75, 3.05) is 5.32 Å². The second-order valence-electron chi connectivity index (χ2n) is 7.75. The Kier molecular flexibility index (Phi) is 6.79. The number of aryl methyl sites for hydroxylation is 1. The zero-order chi connectivity index (χ0) is 23.9. The molecule has 4 aromatic rings. The van der Waals surface area contributed by atoms with E-state index in [0.29, 0.717) is 22.4 Å². The van der Waals surface area contributed by atoms with Crippen LogP contribution in [-0.4, -0.2) is 17.7 Å². The van der Waals surface area contributed by atoms with Crippen LogP contribution < -0.4 is 16.2 Å². The van der Waals surface area contributed by atoms with Crippen LogP contribution in [0.2, 0.25) is 0 Å². The Labute approximate surface area is 197 Å². The topological polar surface area (TPSA) is 87.3 Å². The van der Waals surface area contributed by atoms with Crippen molar-refractivity contribution in [1.29, 1.82) is 0 Å². The van der Waals surface area contributed by atoms with Gasteiger partial charge in [0.05, 0.1) is 0 Å². The minimum absolute atomic E-state index is 0.230. The first kappa shape index (κ1) is 22.5. The second-order valence-corrected chi connectivity index (χ2v) is 7.75. The molecule has 3 amide bonds. The fourth-order valence-corrected chi connectivity index (χ4v) is 3.40. The van der Waals surface area contributed by atoms with Gasteiger partial charge in [-0.2, -0.15) is 0 Å². The fraction of sp³-hybridized carbons (Fsp3) is 0.0357. The predicted octanol–water partition coefficient (Wildman–Crippen LogP) is 4.99. The molecule has 6 heteroatoms. The highest BCUT2D eigenvalue weighted by molar-refractivity contribution is 6.05. The van der Waals surface area contributed by atoms with Crippen LogP contribution in [0.3, 0.4) is 0 Å². The first-order chi connectivity index (χ1) is 16.5. The molecule has 168 valence electrons. The standard InChI is InChI=1S/C28H23N3O3/c1-19-6-5-9-24(18-19)26(32)29-25-16-14-23(15-17-25)28(34)31-30-27(33)22-12-10-21(11-13-22)20-7-3-2-4-8-20/h2-18H,1H3,(H,29,32)(H,30,33)(H,31,34). The molecule has 6 nitrogen and oxygen atoms in total. The number of hydrogen-bond donors (Lipinski definition) is 3. The molecule has 0 radical (unpaired) electrons. The molecule has 0 aromatic heterocycles. The Morgan fingerprint density at radius 2 is 1.09 bits per heavy atom. The largest absolute Gasteiger partial charge is 0.322 e. The van der Waals surface area contributed by atoms with Gasteiger partial charge in [-0.15, -0.1) is 0 Å². The van der Waals surface area contributed by atoms with Crippen LogP contribution in [0, 0.1) is 6.92 Å². The van der Waals surface area contributed by atoms with E-state index in [2.05, 4.69) is 16.2 Å². The molecule has 4 rings (SSSR count). The van der Waals surface area contributed by atoms with Crippen LogP contribution in [0.1, 0.15) is 36.6 Å². The summed E-state index contributed by atoms with van der Waals surface area (Å²) in [4.78, 5) is 37.1. The summed E-state index contributed by atoms with van der Waals surface area (Å²) in [5.74, 6) is -1.12. The molecule has 34 heavy (non-hydrogen) atoms. The molecule has 0 heterocycles. The van der Waals surface area contributed by atoms with Crippen LogP contribution in [0.4, 0.5) is 5.69 Å². The Morgan fingerprint density at radius 3 is 1.68 bits per heavy atom. The van der Waals surface area contributed by atoms with E-state index in [-0.39, 0.29) is 5.91 Å². The van der Waals surface area contributed by atoms with Crippen LogP contribution in [0.15, 0.2) is 103 Å². The lowest BCUT2D eigenvalue weighted by molar-refractivity contribution is 0.0846. The summed E-state index contributed by atoms with van der Waals surface area (Å²) in [5, 5.41) is 2.80. The van der Waals surface area contributed by atoms with Crippen molar-refractivity contribution in [2.24, 2.45) is 0 Å². The summed E-state index contributed by atoms with van der Waals surface area (Å²) in [6.45, 7) is 1.92. The smallest absolute Gasteiger partial charge is 0.269 e. The van der Waals surface area contributed by atoms with E-state index < -0.39 is 11.8 Å². The molecule has 3 N–H and O–H groups in total. The van der Waals surface area contributed by atoms with Crippen molar-refractivity contribution < 1.29 is 14.4 Å². The highest BCUT2D eigenvalue weighted by Gasteiger charge is 2.11. The third-order valence-corrected chi connectivity index (χ3v) is 5.23. The van der Waals surface area contributed by atoms with Gasteiger partial charge in [-0.3, -0.25) is 25.2 Å². The molecule has 0 bridgehead atoms. The van der Waals surface area contributed by atoms with E-state index in [0.717, 1.165) is 16.7 Å². The van der Waals surface area contributed by atoms with Crippen molar-refractivity contribution in [3.8, 4) is 11.1 Å². The monoisotopic (exact) mass is 449 g/mol. The predicted molar refractivity (Wildman–Crippen MR) is 132 cm³/mol. The van der Waals surface area contributed by atoms with Gasteiger partial charge in [0, 0.05) is 22.4 Å². The molecule has 0 aliphatic rings. The molecule has 0 unspecified atom stereocenters. The summed E-state index contributed by atoms with van der Waals surface area (Å²) in [7, 11) is 0. The number of benzene rings is 4. The lowest BCUT2D eigenvalue weighted by Gasteiger charge is -2.09. The van der Waals surface area contributed by atoms with Crippen molar-refractivity contribution >= 4 is 23.4 Å². The van der Waals surface area contributed by atoms with E-state index in [1.54, 1.807) is 48.5 Å². The summed E-state index contributed by atoms with van der Waals surface area (Å²) in [5.41, 5.74) is 9.76. The summed E-state index contributed by atoms with van der Waals surface area (Å²) in [6, 6.07) is 30.7. The number of rotatable bonds is 5. The number of amides is 3. The quantitative estimate of drug-likeness (QED) is 0.375. The first-order valence-corrected chi connectivity index (χ1v) is 10.7. The van der Waals surface area contributed by atoms with Gasteiger partial charge in [0.25, 0.3) is 17.7 Å². The number of hydrazine groups is 1. The van der Waals surface area contributed by atoms with E-state index >= 15 is 0 Å². The number of carbonyl (C=O) groups excluding carboxylic acids is 3. The average molecular weight is 450 g/mol. The average Bonchev–Trinajstić information content (AvgIpc) is 2.88. The molecule has 0 aliphatic carbocycles. The lowest BCUT2D eigenvalue weighted by atomic mass is 10.0. The maximum absolute atomic E-state index is 12.4. The van der Waals surface area contributed by atoms with Crippen molar-refractivity contribution in [2.45, 2.75) is 6.92 Å². The van der Waals surface area contributed by atoms with Crippen molar-refractivity contribution in [3.63, 3.8) is 0 Å². The molecular weight excluding hydrogens is 426 g/mol. The van der Waals surface area contributed by atoms with E-state index in [9.17, 15) is 14.4 Å². The number of nitrogens with one attached hydrogen (secondary N) is 3. The fourth-order valence-electron chi connectivity index (χ4n) is 3.40. The minimum atomic E-state index is -0.467. The van der Waals surface area contributed by atoms with Gasteiger partial charge in [-0.05, 0) is 66.6 Å². The minimum Gasteiger partial charge on any atom is -0.322 e. The highest BCUT2D eigenvalue weighted by Crippen LogP contribution is 2.19. The Bertz CT molecular complexity index is 1320. The van der Waals surface area contributed by atoms with Gasteiger partial charge >= 0.3 is 0 Å². The highest BCUT2D eigenvalue weighted by atomic mass is 16.2. The van der Waals surface area contributed by atoms with Gasteiger partial charge in [-0.25, -0.2) is 0 Å². The third-order valence-electron chi connectivity index (χ3n) is 5.23. The molecule has 0 atom stereocenters. The molecule has 0 fully saturated rings. The Hall–Kier alpha value is -4.71. The molecule has 0 saturated heterocycles. The molecule has 0 spiro atoms. The zero-order valence-corrected chi connectivity index (χ0v) is 18.5. The maximum atomic E-state index is 12.4. The maximum Gasteiger partial charge on any atom is 0.269 e. The van der Waals surface area contributed by atoms with Crippen LogP contribution in [0.25, 0.3) is 11.1 Å². The Morgan fingerprint density at radius 1 is 0.529 bits per heavy atom. The van der Waals surface area contributed by atoms with Crippen LogP contribution in [0.5, 0.6) is 0 Å². The molecular formula is C28H23N3O3. The normalized spacial score (nSPS) is 10.3. The summed E-state index contributed by atoms with van der Waals surface area (Å²) >= 11 is 0. The number of anilines is 1. The van der Waals surface area contributed by atoms with E-state index in [1.165, 1.54) is 0 Å². The molecule has 4 aromatic carbocycles. The zero-order valence-electron chi connectivity index (χ0n) is 18.5. The van der Waals surface area contributed by atoms with E-state index in [1.807, 2.05) is 61.5 Å². The SMILES string of the molecule is Cc1cccc(C(=O)Nc2ccc(C(=O)NNC(=O)c3ccc(-c4ccccc4)cc3)cc2)c1. The van der Waals surface area contributed by atoms with Gasteiger partial charge in [0.2, 0.25) is 0 Å². The lowest BCUT2D eigenvalue weighted by Crippen LogP contribution is -2.41. The van der Waals surface area contributed by atoms with Gasteiger partial charge in [-0.1, -0.05) is 60.2 Å². The van der Waals surface area contributed by atoms with Crippen molar-refractivity contribution in [3.05, 3.63) is 125 Å². The van der Waals surface area contributed by atoms with Crippen LogP contribution in [-0.2, 0) is 0 Å². The number of hydrogen-bond acceptors (Lipinski definition) is 3. The summed E-state index contributed by atoms with van der Waals surface area (Å²) < 4.78 is 0.